The zero-order valence-corrected chi connectivity index (χ0v) is 15.3. The Balaban J connectivity index is 1.71. The number of amides is 2. The molecule has 1 aromatic heterocycles. The number of nitrogens with one attached hydrogen (secondary N) is 1. The summed E-state index contributed by atoms with van der Waals surface area (Å²) in [5.74, 6) is -0.228. The predicted molar refractivity (Wildman–Crippen MR) is 108 cm³/mol. The zero-order valence-electron chi connectivity index (χ0n) is 15.3. The van der Waals surface area contributed by atoms with Gasteiger partial charge in [-0.25, -0.2) is 4.79 Å². The lowest BCUT2D eigenvalue weighted by molar-refractivity contribution is 0.102. The summed E-state index contributed by atoms with van der Waals surface area (Å²) in [4.78, 5) is 30.0. The largest absolute Gasteiger partial charge is 0.452 e. The van der Waals surface area contributed by atoms with Gasteiger partial charge in [0.15, 0.2) is 0 Å². The van der Waals surface area contributed by atoms with Crippen LogP contribution in [0.5, 0.6) is 0 Å². The second kappa shape index (κ2) is 8.68. The van der Waals surface area contributed by atoms with E-state index in [0.717, 1.165) is 5.56 Å². The normalized spacial score (nSPS) is 10.2. The third-order valence-electron chi connectivity index (χ3n) is 4.08. The summed E-state index contributed by atoms with van der Waals surface area (Å²) in [6.45, 7) is 0.290. The molecular weight excluding hydrogens is 356 g/mol. The topological polar surface area (TPSA) is 97.5 Å². The van der Waals surface area contributed by atoms with Crippen LogP contribution in [0.25, 0.3) is 0 Å². The van der Waals surface area contributed by atoms with Crippen molar-refractivity contribution in [2.45, 2.75) is 6.54 Å². The molecule has 0 aliphatic heterocycles. The van der Waals surface area contributed by atoms with Crippen molar-refractivity contribution in [1.29, 1.82) is 0 Å². The summed E-state index contributed by atoms with van der Waals surface area (Å²) >= 11 is 0. The SMILES string of the molecule is COC(=O)N(Cc1ccc(C(=O)Nc2ccc(N)cc2)cc1)c1cccnc1. The van der Waals surface area contributed by atoms with E-state index in [-0.39, 0.29) is 12.5 Å². The summed E-state index contributed by atoms with van der Waals surface area (Å²) < 4.78 is 4.86. The minimum atomic E-state index is -0.488. The van der Waals surface area contributed by atoms with E-state index in [4.69, 9.17) is 10.5 Å². The molecule has 0 aliphatic carbocycles. The monoisotopic (exact) mass is 376 g/mol. The first-order chi connectivity index (χ1) is 13.6. The first-order valence-corrected chi connectivity index (χ1v) is 8.58. The third kappa shape index (κ3) is 4.64. The van der Waals surface area contributed by atoms with Crippen molar-refractivity contribution in [1.82, 2.24) is 4.98 Å². The molecule has 7 nitrogen and oxygen atoms in total. The second-order valence-electron chi connectivity index (χ2n) is 6.04. The highest BCUT2D eigenvalue weighted by Crippen LogP contribution is 2.18. The number of hydrogen-bond donors (Lipinski definition) is 2. The molecule has 0 aliphatic rings. The van der Waals surface area contributed by atoms with Gasteiger partial charge < -0.3 is 15.8 Å². The van der Waals surface area contributed by atoms with Crippen LogP contribution in [-0.2, 0) is 11.3 Å². The molecule has 0 saturated carbocycles. The molecule has 2 aromatic carbocycles. The standard InChI is InChI=1S/C21H20N4O3/c1-28-21(27)25(19-3-2-12-23-13-19)14-15-4-6-16(7-5-15)20(26)24-18-10-8-17(22)9-11-18/h2-13H,14,22H2,1H3,(H,24,26). The number of nitrogens with two attached hydrogens (primary N) is 1. The van der Waals surface area contributed by atoms with Gasteiger partial charge >= 0.3 is 6.09 Å². The molecule has 3 rings (SSSR count). The Morgan fingerprint density at radius 2 is 1.79 bits per heavy atom. The molecule has 0 spiro atoms. The summed E-state index contributed by atoms with van der Waals surface area (Å²) in [5, 5.41) is 2.81. The summed E-state index contributed by atoms with van der Waals surface area (Å²) in [7, 11) is 1.33. The molecule has 1 heterocycles. The molecule has 28 heavy (non-hydrogen) atoms. The highest BCUT2D eigenvalue weighted by Gasteiger charge is 2.17. The van der Waals surface area contributed by atoms with Gasteiger partial charge in [-0.2, -0.15) is 0 Å². The molecule has 0 radical (unpaired) electrons. The van der Waals surface area contributed by atoms with E-state index in [1.807, 2.05) is 0 Å². The van der Waals surface area contributed by atoms with Crippen LogP contribution < -0.4 is 16.0 Å². The van der Waals surface area contributed by atoms with E-state index in [1.165, 1.54) is 12.0 Å². The van der Waals surface area contributed by atoms with Crippen LogP contribution in [0, 0.1) is 0 Å². The minimum Gasteiger partial charge on any atom is -0.452 e. The van der Waals surface area contributed by atoms with Gasteiger partial charge in [0, 0.05) is 23.1 Å². The lowest BCUT2D eigenvalue weighted by Crippen LogP contribution is -2.30. The Morgan fingerprint density at radius 3 is 2.39 bits per heavy atom. The highest BCUT2D eigenvalue weighted by atomic mass is 16.5. The van der Waals surface area contributed by atoms with Crippen molar-refractivity contribution in [2.75, 3.05) is 23.1 Å². The van der Waals surface area contributed by atoms with Gasteiger partial charge in [0.05, 0.1) is 25.5 Å². The number of pyridine rings is 1. The molecule has 142 valence electrons. The van der Waals surface area contributed by atoms with Gasteiger partial charge in [0.1, 0.15) is 0 Å². The number of ether oxygens (including phenoxy) is 1. The highest BCUT2D eigenvalue weighted by molar-refractivity contribution is 6.04. The van der Waals surface area contributed by atoms with Crippen molar-refractivity contribution in [3.05, 3.63) is 84.2 Å². The predicted octanol–water partition coefficient (Wildman–Crippen LogP) is 3.69. The van der Waals surface area contributed by atoms with Crippen LogP contribution in [0.2, 0.25) is 0 Å². The van der Waals surface area contributed by atoms with E-state index in [9.17, 15) is 9.59 Å². The Labute approximate surface area is 162 Å². The average molecular weight is 376 g/mol. The first-order valence-electron chi connectivity index (χ1n) is 8.58. The van der Waals surface area contributed by atoms with Gasteiger partial charge in [0.25, 0.3) is 5.91 Å². The lowest BCUT2D eigenvalue weighted by Gasteiger charge is -2.21. The van der Waals surface area contributed by atoms with E-state index in [0.29, 0.717) is 22.6 Å². The Morgan fingerprint density at radius 1 is 1.07 bits per heavy atom. The number of anilines is 3. The number of benzene rings is 2. The third-order valence-corrected chi connectivity index (χ3v) is 4.08. The van der Waals surface area contributed by atoms with Crippen molar-refractivity contribution in [2.24, 2.45) is 0 Å². The molecule has 0 bridgehead atoms. The van der Waals surface area contributed by atoms with Gasteiger partial charge in [0.2, 0.25) is 0 Å². The Bertz CT molecular complexity index is 942. The number of nitrogen functional groups attached to an aromatic ring is 1. The summed E-state index contributed by atoms with van der Waals surface area (Å²) in [5.41, 5.74) is 8.92. The molecule has 3 aromatic rings. The molecule has 3 N–H and O–H groups in total. The molecule has 2 amide bonds. The molecule has 0 saturated heterocycles. The van der Waals surface area contributed by atoms with Gasteiger partial charge in [-0.15, -0.1) is 0 Å². The van der Waals surface area contributed by atoms with Crippen LogP contribution in [0.1, 0.15) is 15.9 Å². The van der Waals surface area contributed by atoms with Crippen LogP contribution in [0.15, 0.2) is 73.1 Å². The maximum absolute atomic E-state index is 12.4. The van der Waals surface area contributed by atoms with Crippen LogP contribution in [0.3, 0.4) is 0 Å². The number of hydrogen-bond acceptors (Lipinski definition) is 5. The maximum atomic E-state index is 12.4. The Kier molecular flexibility index (Phi) is 5.86. The fourth-order valence-corrected chi connectivity index (χ4v) is 2.60. The molecule has 7 heteroatoms. The fraction of sp³-hybridized carbons (Fsp3) is 0.0952. The van der Waals surface area contributed by atoms with Crippen LogP contribution in [0.4, 0.5) is 21.9 Å². The first kappa shape index (κ1) is 18.9. The smallest absolute Gasteiger partial charge is 0.414 e. The van der Waals surface area contributed by atoms with Crippen LogP contribution >= 0.6 is 0 Å². The summed E-state index contributed by atoms with van der Waals surface area (Å²) in [6, 6.07) is 17.5. The quantitative estimate of drug-likeness (QED) is 0.662. The van der Waals surface area contributed by atoms with Gasteiger partial charge in [-0.05, 0) is 54.1 Å². The van der Waals surface area contributed by atoms with E-state index in [1.54, 1.807) is 73.1 Å². The number of aromatic nitrogens is 1. The van der Waals surface area contributed by atoms with Gasteiger partial charge in [-0.3, -0.25) is 14.7 Å². The van der Waals surface area contributed by atoms with Crippen molar-refractivity contribution >= 4 is 29.1 Å². The molecule has 0 unspecified atom stereocenters. The lowest BCUT2D eigenvalue weighted by atomic mass is 10.1. The van der Waals surface area contributed by atoms with Crippen molar-refractivity contribution in [3.8, 4) is 0 Å². The van der Waals surface area contributed by atoms with Crippen LogP contribution in [-0.4, -0.2) is 24.1 Å². The second-order valence-corrected chi connectivity index (χ2v) is 6.04. The van der Waals surface area contributed by atoms with E-state index >= 15 is 0 Å². The number of nitrogens with zero attached hydrogens (tertiary/aromatic N) is 2. The maximum Gasteiger partial charge on any atom is 0.414 e. The molecule has 0 atom stereocenters. The zero-order chi connectivity index (χ0) is 19.9. The fourth-order valence-electron chi connectivity index (χ4n) is 2.60. The van der Waals surface area contributed by atoms with Crippen molar-refractivity contribution in [3.63, 3.8) is 0 Å². The molecular formula is C21H20N4O3. The van der Waals surface area contributed by atoms with Gasteiger partial charge in [-0.1, -0.05) is 12.1 Å². The van der Waals surface area contributed by atoms with E-state index in [2.05, 4.69) is 10.3 Å². The average Bonchev–Trinajstić information content (AvgIpc) is 2.74. The number of methoxy groups -OCH3 is 1. The van der Waals surface area contributed by atoms with Crippen molar-refractivity contribution < 1.29 is 14.3 Å². The summed E-state index contributed by atoms with van der Waals surface area (Å²) in [6.07, 6.45) is 2.73. The Hall–Kier alpha value is -3.87. The van der Waals surface area contributed by atoms with E-state index < -0.39 is 6.09 Å². The number of rotatable bonds is 5. The number of carbonyl (C=O) groups excluding carboxylic acids is 2. The number of carbonyl (C=O) groups is 2. The minimum absolute atomic E-state index is 0.228. The molecule has 0 fully saturated rings.